The van der Waals surface area contributed by atoms with Gasteiger partial charge in [-0.25, -0.2) is 0 Å². The van der Waals surface area contributed by atoms with Gasteiger partial charge in [-0.3, -0.25) is 0 Å². The molecule has 0 radical (unpaired) electrons. The van der Waals surface area contributed by atoms with Gasteiger partial charge in [-0.05, 0) is 12.8 Å². The largest absolute Gasteiger partial charge is 0.503 e. The molecule has 0 aromatic rings. The van der Waals surface area contributed by atoms with Crippen LogP contribution in [0.2, 0.25) is 6.04 Å². The monoisotopic (exact) mass is 346 g/mol. The Morgan fingerprint density at radius 2 is 1.78 bits per heavy atom. The van der Waals surface area contributed by atoms with Gasteiger partial charge in [0.2, 0.25) is 5.79 Å². The molecule has 4 aliphatic rings. The molecular weight excluding hydrogens is 320 g/mol. The van der Waals surface area contributed by atoms with Crippen molar-refractivity contribution in [2.45, 2.75) is 49.4 Å². The average Bonchev–Trinajstić information content (AvgIpc) is 3.44. The van der Waals surface area contributed by atoms with Crippen LogP contribution >= 0.6 is 0 Å². The Balaban J connectivity index is 1.35. The number of hydrogen-bond acceptors (Lipinski definition) is 7. The lowest BCUT2D eigenvalue weighted by atomic mass is 9.87. The maximum Gasteiger partial charge on any atom is 0.503 e. The maximum atomic E-state index is 6.19. The van der Waals surface area contributed by atoms with Gasteiger partial charge in [0.1, 0.15) is 12.2 Å². The predicted molar refractivity (Wildman–Crippen MR) is 80.9 cm³/mol. The van der Waals surface area contributed by atoms with E-state index in [0.717, 1.165) is 32.5 Å². The van der Waals surface area contributed by atoms with Crippen molar-refractivity contribution in [2.24, 2.45) is 5.92 Å². The highest BCUT2D eigenvalue weighted by atomic mass is 28.4. The molecule has 3 aliphatic heterocycles. The van der Waals surface area contributed by atoms with E-state index in [9.17, 15) is 0 Å². The standard InChI is InChI=1S/C15H26O7Si/c1-16-23(17-2,10-13-8-19-13)21-6-11-4-3-5-14-15(11,22-14)20-9-12-7-18-12/h11-14H,3-10H2,1-2H3. The van der Waals surface area contributed by atoms with Crippen molar-refractivity contribution < 1.29 is 32.2 Å². The van der Waals surface area contributed by atoms with E-state index in [1.54, 1.807) is 14.2 Å². The molecule has 3 heterocycles. The van der Waals surface area contributed by atoms with Crippen molar-refractivity contribution in [2.75, 3.05) is 40.6 Å². The van der Waals surface area contributed by atoms with Crippen LogP contribution in [0.5, 0.6) is 0 Å². The highest BCUT2D eigenvalue weighted by molar-refractivity contribution is 6.60. The summed E-state index contributed by atoms with van der Waals surface area (Å²) in [6, 6.07) is 0.709. The Kier molecular flexibility index (Phi) is 4.52. The van der Waals surface area contributed by atoms with Gasteiger partial charge in [-0.2, -0.15) is 0 Å². The van der Waals surface area contributed by atoms with E-state index in [4.69, 9.17) is 32.2 Å². The number of ether oxygens (including phenoxy) is 4. The molecule has 4 fully saturated rings. The van der Waals surface area contributed by atoms with Crippen LogP contribution in [0.1, 0.15) is 19.3 Å². The summed E-state index contributed by atoms with van der Waals surface area (Å²) in [6.45, 7) is 2.73. The quantitative estimate of drug-likeness (QED) is 0.430. The molecule has 0 amide bonds. The zero-order valence-corrected chi connectivity index (χ0v) is 14.8. The molecule has 7 nitrogen and oxygen atoms in total. The first-order valence-electron chi connectivity index (χ1n) is 8.49. The zero-order valence-electron chi connectivity index (χ0n) is 13.8. The minimum absolute atomic E-state index is 0.205. The molecule has 4 rings (SSSR count). The van der Waals surface area contributed by atoms with Gasteiger partial charge < -0.3 is 32.2 Å². The number of epoxide rings is 3. The molecule has 8 heteroatoms. The number of hydrogen-bond donors (Lipinski definition) is 0. The molecule has 23 heavy (non-hydrogen) atoms. The van der Waals surface area contributed by atoms with E-state index < -0.39 is 14.6 Å². The van der Waals surface area contributed by atoms with Crippen molar-refractivity contribution in [3.63, 3.8) is 0 Å². The highest BCUT2D eigenvalue weighted by Gasteiger charge is 2.65. The van der Waals surface area contributed by atoms with E-state index in [0.29, 0.717) is 19.3 Å². The molecule has 5 unspecified atom stereocenters. The molecule has 0 N–H and O–H groups in total. The van der Waals surface area contributed by atoms with Gasteiger partial charge in [0.05, 0.1) is 25.9 Å². The smallest absolute Gasteiger partial charge is 0.377 e. The summed E-state index contributed by atoms with van der Waals surface area (Å²) in [4.78, 5) is 0. The second-order valence-corrected chi connectivity index (χ2v) is 9.66. The first kappa shape index (κ1) is 16.4. The maximum absolute atomic E-state index is 6.19. The summed E-state index contributed by atoms with van der Waals surface area (Å²) >= 11 is 0. The van der Waals surface area contributed by atoms with E-state index in [1.807, 2.05) is 0 Å². The first-order chi connectivity index (χ1) is 11.2. The minimum Gasteiger partial charge on any atom is -0.377 e. The van der Waals surface area contributed by atoms with Gasteiger partial charge >= 0.3 is 8.80 Å². The Labute approximate surface area is 137 Å². The van der Waals surface area contributed by atoms with Crippen LogP contribution in [-0.2, 0) is 32.2 Å². The Morgan fingerprint density at radius 1 is 1.04 bits per heavy atom. The molecule has 1 aliphatic carbocycles. The van der Waals surface area contributed by atoms with Gasteiger partial charge in [-0.15, -0.1) is 0 Å². The molecule has 0 aromatic carbocycles. The zero-order chi connectivity index (χ0) is 15.9. The lowest BCUT2D eigenvalue weighted by molar-refractivity contribution is -0.107. The first-order valence-corrected chi connectivity index (χ1v) is 10.4. The fourth-order valence-corrected chi connectivity index (χ4v) is 5.61. The van der Waals surface area contributed by atoms with E-state index in [-0.39, 0.29) is 24.2 Å². The second-order valence-electron chi connectivity index (χ2n) is 6.78. The van der Waals surface area contributed by atoms with Crippen LogP contribution < -0.4 is 0 Å². The fourth-order valence-electron chi connectivity index (χ4n) is 3.51. The Morgan fingerprint density at radius 3 is 2.43 bits per heavy atom. The third kappa shape index (κ3) is 3.50. The average molecular weight is 346 g/mol. The molecule has 1 saturated carbocycles. The van der Waals surface area contributed by atoms with Crippen molar-refractivity contribution in [3.05, 3.63) is 0 Å². The van der Waals surface area contributed by atoms with E-state index >= 15 is 0 Å². The summed E-state index contributed by atoms with van der Waals surface area (Å²) in [5, 5.41) is 0. The minimum atomic E-state index is -2.67. The summed E-state index contributed by atoms with van der Waals surface area (Å²) in [5.41, 5.74) is 0. The van der Waals surface area contributed by atoms with Crippen LogP contribution in [0.3, 0.4) is 0 Å². The van der Waals surface area contributed by atoms with Crippen molar-refractivity contribution >= 4 is 8.80 Å². The Hall–Kier alpha value is -0.0631. The molecule has 0 bridgehead atoms. The molecule has 5 atom stereocenters. The lowest BCUT2D eigenvalue weighted by Crippen LogP contribution is -2.48. The topological polar surface area (TPSA) is 74.5 Å². The number of fused-ring (bicyclic) bond motifs is 1. The normalized spacial score (nSPS) is 41.5. The molecule has 132 valence electrons. The second kappa shape index (κ2) is 6.34. The molecular formula is C15H26O7Si. The van der Waals surface area contributed by atoms with Crippen molar-refractivity contribution in [1.82, 2.24) is 0 Å². The summed E-state index contributed by atoms with van der Waals surface area (Å²) in [5.74, 6) is -0.251. The third-order valence-electron chi connectivity index (χ3n) is 5.21. The highest BCUT2D eigenvalue weighted by Crippen LogP contribution is 2.52. The summed E-state index contributed by atoms with van der Waals surface area (Å²) < 4.78 is 40.0. The van der Waals surface area contributed by atoms with Crippen LogP contribution in [0.25, 0.3) is 0 Å². The molecule has 3 saturated heterocycles. The van der Waals surface area contributed by atoms with Crippen molar-refractivity contribution in [3.8, 4) is 0 Å². The SMILES string of the molecule is CO[Si](CC1CO1)(OC)OCC1CCCC2OC12OCC1CO1. The van der Waals surface area contributed by atoms with Crippen LogP contribution in [0.15, 0.2) is 0 Å². The number of rotatable bonds is 10. The van der Waals surface area contributed by atoms with Crippen LogP contribution in [0.4, 0.5) is 0 Å². The summed E-state index contributed by atoms with van der Waals surface area (Å²) in [6.07, 6.45) is 3.92. The molecule has 0 spiro atoms. The molecule has 0 aromatic heterocycles. The third-order valence-corrected chi connectivity index (χ3v) is 8.02. The van der Waals surface area contributed by atoms with Gasteiger partial charge in [-0.1, -0.05) is 6.42 Å². The Bertz CT molecular complexity index is 424. The van der Waals surface area contributed by atoms with Gasteiger partial charge in [0.15, 0.2) is 0 Å². The predicted octanol–water partition coefficient (Wildman–Crippen LogP) is 0.944. The fraction of sp³-hybridized carbons (Fsp3) is 1.00. The van der Waals surface area contributed by atoms with Crippen LogP contribution in [0, 0.1) is 5.92 Å². The van der Waals surface area contributed by atoms with Gasteiger partial charge in [0, 0.05) is 32.8 Å². The van der Waals surface area contributed by atoms with E-state index in [2.05, 4.69) is 0 Å². The van der Waals surface area contributed by atoms with Crippen LogP contribution in [-0.4, -0.2) is 73.6 Å². The van der Waals surface area contributed by atoms with Crippen molar-refractivity contribution in [1.29, 1.82) is 0 Å². The summed E-state index contributed by atoms with van der Waals surface area (Å²) in [7, 11) is 0.652. The van der Waals surface area contributed by atoms with E-state index in [1.165, 1.54) is 0 Å². The van der Waals surface area contributed by atoms with Gasteiger partial charge in [0.25, 0.3) is 0 Å². The lowest BCUT2D eigenvalue weighted by Gasteiger charge is -2.32.